The lowest BCUT2D eigenvalue weighted by Gasteiger charge is -2.04. The summed E-state index contributed by atoms with van der Waals surface area (Å²) in [5, 5.41) is 7.04. The SMILES string of the molecule is CCn1c(Sc2ncnc(Cl)c2C=O)n[nH]c1=O. The minimum absolute atomic E-state index is 0.0726. The van der Waals surface area contributed by atoms with E-state index in [0.29, 0.717) is 23.0 Å². The van der Waals surface area contributed by atoms with Gasteiger partial charge in [0.2, 0.25) is 0 Å². The van der Waals surface area contributed by atoms with Gasteiger partial charge in [0.25, 0.3) is 0 Å². The van der Waals surface area contributed by atoms with Gasteiger partial charge >= 0.3 is 5.69 Å². The summed E-state index contributed by atoms with van der Waals surface area (Å²) in [6.07, 6.45) is 1.82. The zero-order chi connectivity index (χ0) is 13.1. The molecule has 2 rings (SSSR count). The molecule has 0 aliphatic carbocycles. The summed E-state index contributed by atoms with van der Waals surface area (Å²) < 4.78 is 1.43. The number of hydrogen-bond acceptors (Lipinski definition) is 6. The predicted molar refractivity (Wildman–Crippen MR) is 65.1 cm³/mol. The molecule has 0 amide bonds. The molecule has 0 radical (unpaired) electrons. The molecule has 7 nitrogen and oxygen atoms in total. The number of aromatic amines is 1. The fourth-order valence-electron chi connectivity index (χ4n) is 1.29. The van der Waals surface area contributed by atoms with Crippen molar-refractivity contribution in [2.45, 2.75) is 23.7 Å². The molecule has 2 aromatic rings. The van der Waals surface area contributed by atoms with Crippen LogP contribution in [0.5, 0.6) is 0 Å². The molecule has 1 N–H and O–H groups in total. The molecule has 2 aromatic heterocycles. The number of aromatic nitrogens is 5. The van der Waals surface area contributed by atoms with Gasteiger partial charge in [-0.25, -0.2) is 19.9 Å². The second-order valence-corrected chi connectivity index (χ2v) is 4.47. The average Bonchev–Trinajstić information content (AvgIpc) is 2.70. The summed E-state index contributed by atoms with van der Waals surface area (Å²) in [5.41, 5.74) is -0.130. The number of carbonyl (C=O) groups excluding carboxylic acids is 1. The molecule has 0 spiro atoms. The molecule has 0 aromatic carbocycles. The van der Waals surface area contributed by atoms with E-state index in [-0.39, 0.29) is 16.4 Å². The zero-order valence-electron chi connectivity index (χ0n) is 9.25. The minimum atomic E-state index is -0.312. The molecular formula is C9H8ClN5O2S. The van der Waals surface area contributed by atoms with E-state index in [1.165, 1.54) is 10.9 Å². The molecule has 18 heavy (non-hydrogen) atoms. The van der Waals surface area contributed by atoms with Crippen LogP contribution in [0, 0.1) is 0 Å². The van der Waals surface area contributed by atoms with Crippen molar-refractivity contribution < 1.29 is 4.79 Å². The van der Waals surface area contributed by atoms with Gasteiger partial charge in [0, 0.05) is 6.54 Å². The molecule has 0 atom stereocenters. The first-order chi connectivity index (χ1) is 8.67. The van der Waals surface area contributed by atoms with Crippen LogP contribution in [-0.4, -0.2) is 31.0 Å². The summed E-state index contributed by atoms with van der Waals surface area (Å²) in [7, 11) is 0. The van der Waals surface area contributed by atoms with E-state index in [2.05, 4.69) is 20.2 Å². The zero-order valence-corrected chi connectivity index (χ0v) is 10.8. The van der Waals surface area contributed by atoms with E-state index in [1.807, 2.05) is 6.92 Å². The third-order valence-electron chi connectivity index (χ3n) is 2.14. The number of rotatable bonds is 4. The van der Waals surface area contributed by atoms with Crippen LogP contribution in [0.4, 0.5) is 0 Å². The first-order valence-corrected chi connectivity index (χ1v) is 6.15. The van der Waals surface area contributed by atoms with Crippen molar-refractivity contribution in [1.82, 2.24) is 24.7 Å². The molecule has 0 fully saturated rings. The van der Waals surface area contributed by atoms with Crippen LogP contribution in [0.25, 0.3) is 0 Å². The predicted octanol–water partition coefficient (Wildman–Crippen LogP) is 0.998. The van der Waals surface area contributed by atoms with E-state index in [1.54, 1.807) is 0 Å². The maximum atomic E-state index is 11.4. The maximum absolute atomic E-state index is 11.4. The van der Waals surface area contributed by atoms with Gasteiger partial charge in [-0.15, -0.1) is 5.10 Å². The Kier molecular flexibility index (Phi) is 3.78. The lowest BCUT2D eigenvalue weighted by atomic mass is 10.4. The summed E-state index contributed by atoms with van der Waals surface area (Å²) in [5.74, 6) is 0. The van der Waals surface area contributed by atoms with E-state index < -0.39 is 0 Å². The number of H-pyrrole nitrogens is 1. The van der Waals surface area contributed by atoms with Crippen molar-refractivity contribution >= 4 is 29.6 Å². The summed E-state index contributed by atoms with van der Waals surface area (Å²) in [6, 6.07) is 0. The van der Waals surface area contributed by atoms with Gasteiger partial charge in [-0.3, -0.25) is 9.36 Å². The van der Waals surface area contributed by atoms with Crippen molar-refractivity contribution in [2.75, 3.05) is 0 Å². The van der Waals surface area contributed by atoms with Gasteiger partial charge < -0.3 is 0 Å². The Bertz CT molecular complexity index is 638. The molecule has 0 aliphatic heterocycles. The van der Waals surface area contributed by atoms with Crippen molar-refractivity contribution in [3.63, 3.8) is 0 Å². The van der Waals surface area contributed by atoms with E-state index >= 15 is 0 Å². The minimum Gasteiger partial charge on any atom is -0.298 e. The molecule has 94 valence electrons. The Morgan fingerprint density at radius 1 is 1.56 bits per heavy atom. The Labute approximate surface area is 111 Å². The van der Waals surface area contributed by atoms with Gasteiger partial charge in [-0.05, 0) is 18.7 Å². The van der Waals surface area contributed by atoms with Crippen LogP contribution in [0.1, 0.15) is 17.3 Å². The van der Waals surface area contributed by atoms with Crippen molar-refractivity contribution in [2.24, 2.45) is 0 Å². The number of hydrogen-bond donors (Lipinski definition) is 1. The fourth-order valence-corrected chi connectivity index (χ4v) is 2.46. The monoisotopic (exact) mass is 285 g/mol. The standard InChI is InChI=1S/C9H8ClN5O2S/c1-2-15-8(17)13-14-9(15)18-7-5(3-16)6(10)11-4-12-7/h3-4H,2H2,1H3,(H,13,17). The second kappa shape index (κ2) is 5.32. The second-order valence-electron chi connectivity index (χ2n) is 3.16. The number of carbonyl (C=O) groups is 1. The molecule has 9 heteroatoms. The van der Waals surface area contributed by atoms with Crippen molar-refractivity contribution in [3.8, 4) is 0 Å². The Morgan fingerprint density at radius 3 is 3.00 bits per heavy atom. The van der Waals surface area contributed by atoms with Gasteiger partial charge in [-0.2, -0.15) is 0 Å². The smallest absolute Gasteiger partial charge is 0.298 e. The van der Waals surface area contributed by atoms with Crippen LogP contribution in [0.3, 0.4) is 0 Å². The summed E-state index contributed by atoms with van der Waals surface area (Å²) in [4.78, 5) is 30.0. The number of nitrogens with one attached hydrogen (secondary N) is 1. The fraction of sp³-hybridized carbons (Fsp3) is 0.222. The molecule has 0 aliphatic rings. The first-order valence-electron chi connectivity index (χ1n) is 4.96. The normalized spacial score (nSPS) is 10.6. The lowest BCUT2D eigenvalue weighted by Crippen LogP contribution is -2.16. The Hall–Kier alpha value is -1.67. The van der Waals surface area contributed by atoms with Crippen LogP contribution < -0.4 is 5.69 Å². The van der Waals surface area contributed by atoms with E-state index in [4.69, 9.17) is 11.6 Å². The van der Waals surface area contributed by atoms with Crippen LogP contribution in [0.15, 0.2) is 21.3 Å². The van der Waals surface area contributed by atoms with Crippen molar-refractivity contribution in [1.29, 1.82) is 0 Å². The molecule has 2 heterocycles. The van der Waals surface area contributed by atoms with Gasteiger partial charge in [0.1, 0.15) is 16.5 Å². The maximum Gasteiger partial charge on any atom is 0.343 e. The quantitative estimate of drug-likeness (QED) is 0.665. The molecular weight excluding hydrogens is 278 g/mol. The largest absolute Gasteiger partial charge is 0.343 e. The number of nitrogens with zero attached hydrogens (tertiary/aromatic N) is 4. The average molecular weight is 286 g/mol. The number of aldehydes is 1. The van der Waals surface area contributed by atoms with Gasteiger partial charge in [0.15, 0.2) is 11.4 Å². The molecule has 0 saturated heterocycles. The third-order valence-corrected chi connectivity index (χ3v) is 3.46. The highest BCUT2D eigenvalue weighted by atomic mass is 35.5. The van der Waals surface area contributed by atoms with Gasteiger partial charge in [-0.1, -0.05) is 11.6 Å². The number of halogens is 1. The highest BCUT2D eigenvalue weighted by molar-refractivity contribution is 7.99. The Balaban J connectivity index is 2.43. The first kappa shape index (κ1) is 12.8. The van der Waals surface area contributed by atoms with Gasteiger partial charge in [0.05, 0.1) is 5.56 Å². The van der Waals surface area contributed by atoms with E-state index in [0.717, 1.165) is 11.8 Å². The highest BCUT2D eigenvalue weighted by Gasteiger charge is 2.14. The van der Waals surface area contributed by atoms with E-state index in [9.17, 15) is 9.59 Å². The van der Waals surface area contributed by atoms with Crippen molar-refractivity contribution in [3.05, 3.63) is 27.5 Å². The molecule has 0 saturated carbocycles. The summed E-state index contributed by atoms with van der Waals surface area (Å²) in [6.45, 7) is 2.28. The lowest BCUT2D eigenvalue weighted by molar-refractivity contribution is 0.112. The topological polar surface area (TPSA) is 93.5 Å². The van der Waals surface area contributed by atoms with Crippen LogP contribution in [0.2, 0.25) is 5.15 Å². The summed E-state index contributed by atoms with van der Waals surface area (Å²) >= 11 is 6.86. The molecule has 0 unspecified atom stereocenters. The highest BCUT2D eigenvalue weighted by Crippen LogP contribution is 2.27. The third kappa shape index (κ3) is 2.29. The van der Waals surface area contributed by atoms with Crippen LogP contribution >= 0.6 is 23.4 Å². The molecule has 0 bridgehead atoms. The Morgan fingerprint density at radius 2 is 2.33 bits per heavy atom. The van der Waals surface area contributed by atoms with Crippen LogP contribution in [-0.2, 0) is 6.54 Å².